The molecule has 0 aromatic rings. The Balaban J connectivity index is 2.58. The lowest BCUT2D eigenvalue weighted by Crippen LogP contribution is -2.70. The highest BCUT2D eigenvalue weighted by molar-refractivity contribution is 5.97. The van der Waals surface area contributed by atoms with Crippen LogP contribution < -0.4 is 26.6 Å². The maximum Gasteiger partial charge on any atom is 0.246 e. The monoisotopic (exact) mass is 1330 g/mol. The maximum absolute atomic E-state index is 15.1. The van der Waals surface area contributed by atoms with E-state index in [4.69, 9.17) is 4.74 Å². The van der Waals surface area contributed by atoms with Crippen LogP contribution in [0.5, 0.6) is 0 Å². The van der Waals surface area contributed by atoms with Gasteiger partial charge in [-0.3, -0.25) is 68.3 Å². The number of ether oxygens (including phenoxy) is 1. The van der Waals surface area contributed by atoms with Crippen LogP contribution in [0, 0.1) is 41.4 Å². The molecule has 0 saturated carbocycles. The van der Waals surface area contributed by atoms with Crippen molar-refractivity contribution in [2.75, 3.05) is 69.0 Å². The Labute approximate surface area is 563 Å². The number of hydrogen-bond donors (Lipinski definition) is 6. The van der Waals surface area contributed by atoms with Crippen LogP contribution in [0.3, 0.4) is 0 Å². The molecule has 2 saturated heterocycles. The van der Waals surface area contributed by atoms with E-state index in [-0.39, 0.29) is 73.4 Å². The van der Waals surface area contributed by atoms with Gasteiger partial charge in [0, 0.05) is 68.8 Å². The molecule has 2 aliphatic rings. The standard InChI is InChI=1S/C69H126N12O13/c1-25-27-52(71-62(88)58(59(85)47(14)32-33-81-37-50-30-31-51(38-81)94-50)79(23)67(93)57(46(12)13)78(22)55(84)29-26-28-41(2)3)65(91)75(19)49(16)64(90)80(24)69(40-83,36-44(8)9)73-56(45(10)11)66(92)77(21)54(35-43(6)7)61(87)74-68(17,39-82)72-48(15)63(89)76(20)53(34-42(4)5)60(86)70-18/h39-54,56-59,72-73,85H,25-38H2,1-24H3,(H,70,86)(H,71,88)(H,74,87). The number of amides is 9. The fourth-order valence-electron chi connectivity index (χ4n) is 13.0. The molecular weight excluding hydrogens is 1200 g/mol. The molecule has 25 nitrogen and oxygen atoms in total. The van der Waals surface area contributed by atoms with Crippen LogP contribution in [0.25, 0.3) is 0 Å². The molecule has 0 aromatic carbocycles. The highest BCUT2D eigenvalue weighted by Gasteiger charge is 2.48. The van der Waals surface area contributed by atoms with Gasteiger partial charge in [-0.2, -0.15) is 0 Å². The van der Waals surface area contributed by atoms with Gasteiger partial charge in [0.05, 0.1) is 30.4 Å². The van der Waals surface area contributed by atoms with Gasteiger partial charge in [0.15, 0.2) is 18.2 Å². The number of aliphatic hydroxyl groups is 1. The van der Waals surface area contributed by atoms with Crippen molar-refractivity contribution in [1.29, 1.82) is 0 Å². The minimum absolute atomic E-state index is 0.00778. The number of likely N-dealkylation sites (N-methyl/N-ethyl adjacent to an activating group) is 7. The predicted octanol–water partition coefficient (Wildman–Crippen LogP) is 4.02. The Kier molecular flexibility index (Phi) is 34.5. The van der Waals surface area contributed by atoms with Crippen molar-refractivity contribution in [2.24, 2.45) is 41.4 Å². The molecule has 6 N–H and O–H groups in total. The normalized spacial score (nSPS) is 19.5. The number of likely N-dealkylation sites (tertiary alicyclic amines) is 1. The van der Waals surface area contributed by atoms with Crippen LogP contribution in [-0.2, 0) is 57.5 Å². The Hall–Kier alpha value is -5.63. The SMILES string of the molecule is CCCC(NC(=O)C(C(O)C(C)CCN1CC2CCC(C1)O2)N(C)C(=O)C(C(C)C)N(C)C(=O)CCCC(C)C)C(=O)N(C)C(C)C(=O)N(C)C(C=O)(CC(C)C)NC(C(=O)N(C)C(CC(C)C)C(=O)NC(C)(C=O)NC(C)C(=O)N(C)C(CC(C)C)C(=O)NC)C(C)C. The summed E-state index contributed by atoms with van der Waals surface area (Å²) in [6, 6.07) is -9.34. The summed E-state index contributed by atoms with van der Waals surface area (Å²) >= 11 is 0. The second-order valence-corrected chi connectivity index (χ2v) is 29.7. The largest absolute Gasteiger partial charge is 0.390 e. The molecular formula is C69H126N12O13. The number of morpholine rings is 1. The van der Waals surface area contributed by atoms with Gasteiger partial charge in [-0.15, -0.1) is 0 Å². The van der Waals surface area contributed by atoms with Crippen molar-refractivity contribution in [1.82, 2.24) is 60.9 Å². The predicted molar refractivity (Wildman–Crippen MR) is 364 cm³/mol. The molecule has 0 spiro atoms. The topological polar surface area (TPSA) is 300 Å². The van der Waals surface area contributed by atoms with E-state index < -0.39 is 119 Å². The Bertz CT molecular complexity index is 2510. The smallest absolute Gasteiger partial charge is 0.246 e. The number of nitrogens with one attached hydrogen (secondary N) is 5. The van der Waals surface area contributed by atoms with Gasteiger partial charge < -0.3 is 55.2 Å². The van der Waals surface area contributed by atoms with E-state index in [1.807, 2.05) is 69.2 Å². The molecule has 14 atom stereocenters. The van der Waals surface area contributed by atoms with Gasteiger partial charge in [-0.05, 0) is 120 Å². The Morgan fingerprint density at radius 1 is 0.596 bits per heavy atom. The summed E-state index contributed by atoms with van der Waals surface area (Å²) in [6.07, 6.45) is 4.97. The molecule has 0 aromatic heterocycles. The van der Waals surface area contributed by atoms with Crippen LogP contribution in [0.4, 0.5) is 0 Å². The Morgan fingerprint density at radius 2 is 1.14 bits per heavy atom. The van der Waals surface area contributed by atoms with E-state index in [9.17, 15) is 43.5 Å². The van der Waals surface area contributed by atoms with Crippen LogP contribution in [0.2, 0.25) is 0 Å². The van der Waals surface area contributed by atoms with E-state index in [0.29, 0.717) is 50.7 Å². The summed E-state index contributed by atoms with van der Waals surface area (Å²) in [5.41, 5.74) is -3.72. The zero-order valence-electron chi connectivity index (χ0n) is 61.9. The van der Waals surface area contributed by atoms with Crippen molar-refractivity contribution < 1.29 is 62.6 Å². The maximum atomic E-state index is 15.1. The van der Waals surface area contributed by atoms with Crippen LogP contribution in [0.15, 0.2) is 0 Å². The van der Waals surface area contributed by atoms with Crippen molar-refractivity contribution in [3.8, 4) is 0 Å². The lowest BCUT2D eigenvalue weighted by Gasteiger charge is -2.45. The van der Waals surface area contributed by atoms with E-state index in [2.05, 4.69) is 45.3 Å². The van der Waals surface area contributed by atoms with Crippen molar-refractivity contribution in [3.05, 3.63) is 0 Å². The number of aliphatic hydroxyl groups excluding tert-OH is 1. The first kappa shape index (κ1) is 84.5. The molecule has 9 amide bonds. The number of carbonyl (C=O) groups excluding carboxylic acids is 11. The average Bonchev–Trinajstić information content (AvgIpc) is 0.962. The zero-order valence-corrected chi connectivity index (χ0v) is 61.9. The third-order valence-electron chi connectivity index (χ3n) is 18.9. The van der Waals surface area contributed by atoms with Gasteiger partial charge in [-0.1, -0.05) is 110 Å². The van der Waals surface area contributed by atoms with E-state index in [1.165, 1.54) is 92.5 Å². The molecule has 94 heavy (non-hydrogen) atoms. The lowest BCUT2D eigenvalue weighted by atomic mass is 9.91. The summed E-state index contributed by atoms with van der Waals surface area (Å²) in [6.45, 7) is 32.7. The third kappa shape index (κ3) is 23.6. The quantitative estimate of drug-likeness (QED) is 0.0372. The highest BCUT2D eigenvalue weighted by Crippen LogP contribution is 2.29. The van der Waals surface area contributed by atoms with Gasteiger partial charge >= 0.3 is 0 Å². The second kappa shape index (κ2) is 38.3. The van der Waals surface area contributed by atoms with Gasteiger partial charge in [0.25, 0.3) is 0 Å². The second-order valence-electron chi connectivity index (χ2n) is 29.7. The molecule has 2 rings (SSSR count). The summed E-state index contributed by atoms with van der Waals surface area (Å²) in [7, 11) is 10.2. The van der Waals surface area contributed by atoms with Crippen LogP contribution >= 0.6 is 0 Å². The Morgan fingerprint density at radius 3 is 1.61 bits per heavy atom. The summed E-state index contributed by atoms with van der Waals surface area (Å²) in [5.74, 6) is -6.63. The first-order chi connectivity index (χ1) is 43.6. The fraction of sp³-hybridized carbons (Fsp3) is 0.841. The summed E-state index contributed by atoms with van der Waals surface area (Å²) < 4.78 is 6.06. The minimum atomic E-state index is -1.89. The van der Waals surface area contributed by atoms with E-state index in [1.54, 1.807) is 20.9 Å². The number of aldehydes is 2. The first-order valence-corrected chi connectivity index (χ1v) is 34.6. The molecule has 2 fully saturated rings. The molecule has 25 heteroatoms. The van der Waals surface area contributed by atoms with Gasteiger partial charge in [0.1, 0.15) is 41.9 Å². The highest BCUT2D eigenvalue weighted by atomic mass is 16.5. The van der Waals surface area contributed by atoms with E-state index in [0.717, 1.165) is 32.4 Å². The number of nitrogens with zero attached hydrogens (tertiary/aromatic N) is 7. The third-order valence-corrected chi connectivity index (χ3v) is 18.9. The number of fused-ring (bicyclic) bond motifs is 2. The molecule has 2 bridgehead atoms. The van der Waals surface area contributed by atoms with Crippen LogP contribution in [0.1, 0.15) is 188 Å². The van der Waals surface area contributed by atoms with Gasteiger partial charge in [0.2, 0.25) is 53.2 Å². The molecule has 0 radical (unpaired) electrons. The fourth-order valence-corrected chi connectivity index (χ4v) is 13.0. The molecule has 2 aliphatic heterocycles. The summed E-state index contributed by atoms with van der Waals surface area (Å²) in [4.78, 5) is 167. The average molecular weight is 1330 g/mol. The molecule has 0 aliphatic carbocycles. The lowest BCUT2D eigenvalue weighted by molar-refractivity contribution is -0.155. The summed E-state index contributed by atoms with van der Waals surface area (Å²) in [5, 5.41) is 26.8. The zero-order chi connectivity index (χ0) is 72.2. The van der Waals surface area contributed by atoms with Crippen molar-refractivity contribution in [3.63, 3.8) is 0 Å². The minimum Gasteiger partial charge on any atom is -0.390 e. The van der Waals surface area contributed by atoms with Crippen LogP contribution in [-0.4, -0.2) is 252 Å². The van der Waals surface area contributed by atoms with Gasteiger partial charge in [-0.25, -0.2) is 0 Å². The van der Waals surface area contributed by atoms with Crippen molar-refractivity contribution >= 4 is 65.7 Å². The van der Waals surface area contributed by atoms with Crippen molar-refractivity contribution in [2.45, 2.75) is 266 Å². The first-order valence-electron chi connectivity index (χ1n) is 34.6. The molecule has 14 unspecified atom stereocenters. The van der Waals surface area contributed by atoms with E-state index >= 15 is 14.4 Å². The molecule has 540 valence electrons. The molecule has 2 heterocycles. The number of hydrogen-bond acceptors (Lipinski definition) is 16. The number of carbonyl (C=O) groups is 11. The number of rotatable bonds is 41.